The minimum Gasteiger partial charge on any atom is -0.445 e. The van der Waals surface area contributed by atoms with E-state index in [0.29, 0.717) is 29.0 Å². The molecule has 0 radical (unpaired) electrons. The van der Waals surface area contributed by atoms with Crippen molar-refractivity contribution in [2.24, 2.45) is 0 Å². The summed E-state index contributed by atoms with van der Waals surface area (Å²) in [5.41, 5.74) is 7.81. The number of ether oxygens (including phenoxy) is 1. The van der Waals surface area contributed by atoms with Crippen LogP contribution in [0.3, 0.4) is 0 Å². The first-order valence-corrected chi connectivity index (χ1v) is 15.1. The standard InChI is InChI=1S/C34H30F3N7O3/c35-34(36,37)24-10-15-39-25(18-24)41-29(45)23-8-6-22(7-9-23)26-27-28(38)40-16-17-44(27)30(42-26)32-11-13-33(20-32,14-12-32)43-31(46)47-19-21-4-2-1-3-5-21/h1-10,15-18H,11-14,19-20H2,(H2,38,40)(H,43,46)(H,39,41,45). The quantitative estimate of drug-likeness (QED) is 0.184. The van der Waals surface area contributed by atoms with Gasteiger partial charge in [-0.25, -0.2) is 19.7 Å². The second kappa shape index (κ2) is 11.4. The number of carbonyl (C=O) groups is 2. The van der Waals surface area contributed by atoms with Crippen molar-refractivity contribution in [3.05, 3.63) is 108 Å². The zero-order valence-corrected chi connectivity index (χ0v) is 25.1. The smallest absolute Gasteiger partial charge is 0.416 e. The zero-order valence-electron chi connectivity index (χ0n) is 25.1. The summed E-state index contributed by atoms with van der Waals surface area (Å²) in [4.78, 5) is 38.9. The lowest BCUT2D eigenvalue weighted by molar-refractivity contribution is -0.137. The van der Waals surface area contributed by atoms with Crippen LogP contribution in [0, 0.1) is 0 Å². The molecule has 3 aromatic heterocycles. The Labute approximate surface area is 267 Å². The lowest BCUT2D eigenvalue weighted by Gasteiger charge is -2.28. The number of anilines is 2. The molecule has 7 rings (SSSR count). The van der Waals surface area contributed by atoms with Crippen LogP contribution in [-0.2, 0) is 22.9 Å². The van der Waals surface area contributed by atoms with Gasteiger partial charge in [-0.05, 0) is 61.9 Å². The number of nitrogens with two attached hydrogens (primary N) is 1. The third kappa shape index (κ3) is 5.73. The molecule has 2 fully saturated rings. The van der Waals surface area contributed by atoms with Gasteiger partial charge < -0.3 is 21.1 Å². The molecule has 2 aromatic carbocycles. The number of benzene rings is 2. The summed E-state index contributed by atoms with van der Waals surface area (Å²) in [7, 11) is 0. The molecule has 0 unspecified atom stereocenters. The van der Waals surface area contributed by atoms with Crippen molar-refractivity contribution in [2.45, 2.75) is 55.8 Å². The number of amides is 2. The topological polar surface area (TPSA) is 137 Å². The van der Waals surface area contributed by atoms with Gasteiger partial charge in [0.15, 0.2) is 0 Å². The van der Waals surface area contributed by atoms with E-state index in [2.05, 4.69) is 20.6 Å². The van der Waals surface area contributed by atoms with E-state index in [1.54, 1.807) is 30.5 Å². The van der Waals surface area contributed by atoms with Gasteiger partial charge in [0.1, 0.15) is 35.3 Å². The molecule has 5 aromatic rings. The number of nitrogens with zero attached hydrogens (tertiary/aromatic N) is 4. The van der Waals surface area contributed by atoms with E-state index in [1.165, 1.54) is 0 Å². The van der Waals surface area contributed by atoms with Crippen molar-refractivity contribution in [3.8, 4) is 11.3 Å². The van der Waals surface area contributed by atoms with Crippen molar-refractivity contribution in [1.29, 1.82) is 0 Å². The Morgan fingerprint density at radius 3 is 2.43 bits per heavy atom. The first kappa shape index (κ1) is 30.2. The lowest BCUT2D eigenvalue weighted by atomic mass is 9.83. The zero-order chi connectivity index (χ0) is 32.8. The Morgan fingerprint density at radius 2 is 1.70 bits per heavy atom. The van der Waals surface area contributed by atoms with Gasteiger partial charge in [0.2, 0.25) is 0 Å². The van der Waals surface area contributed by atoms with E-state index in [9.17, 15) is 22.8 Å². The lowest BCUT2D eigenvalue weighted by Crippen LogP contribution is -2.45. The number of fused-ring (bicyclic) bond motifs is 3. The maximum atomic E-state index is 13.1. The van der Waals surface area contributed by atoms with Gasteiger partial charge in [0.25, 0.3) is 5.91 Å². The third-order valence-corrected chi connectivity index (χ3v) is 9.23. The highest BCUT2D eigenvalue weighted by Gasteiger charge is 2.57. The Morgan fingerprint density at radius 1 is 0.957 bits per heavy atom. The highest BCUT2D eigenvalue weighted by atomic mass is 19.4. The van der Waals surface area contributed by atoms with Gasteiger partial charge in [0.05, 0.1) is 5.56 Å². The molecule has 3 heterocycles. The van der Waals surface area contributed by atoms with E-state index in [4.69, 9.17) is 15.5 Å². The second-order valence-electron chi connectivity index (χ2n) is 12.2. The number of hydrogen-bond donors (Lipinski definition) is 3. The van der Waals surface area contributed by atoms with Crippen molar-refractivity contribution in [1.82, 2.24) is 24.7 Å². The van der Waals surface area contributed by atoms with Gasteiger partial charge in [-0.2, -0.15) is 13.2 Å². The number of alkyl carbamates (subject to hydrolysis) is 1. The Kier molecular flexibility index (Phi) is 7.33. The van der Waals surface area contributed by atoms with Gasteiger partial charge in [0, 0.05) is 40.7 Å². The van der Waals surface area contributed by atoms with Gasteiger partial charge >= 0.3 is 12.3 Å². The molecule has 0 aliphatic heterocycles. The fraction of sp³-hybridized carbons (Fsp3) is 0.265. The number of alkyl halides is 3. The normalized spacial score (nSPS) is 20.3. The monoisotopic (exact) mass is 641 g/mol. The number of halogens is 3. The third-order valence-electron chi connectivity index (χ3n) is 9.23. The summed E-state index contributed by atoms with van der Waals surface area (Å²) in [6.45, 7) is 0.191. The van der Waals surface area contributed by atoms with Crippen LogP contribution in [0.15, 0.2) is 85.3 Å². The molecule has 47 heavy (non-hydrogen) atoms. The highest BCUT2D eigenvalue weighted by molar-refractivity contribution is 6.04. The first-order valence-electron chi connectivity index (χ1n) is 15.1. The van der Waals surface area contributed by atoms with Crippen molar-refractivity contribution < 1.29 is 27.5 Å². The van der Waals surface area contributed by atoms with Crippen molar-refractivity contribution in [3.63, 3.8) is 0 Å². The summed E-state index contributed by atoms with van der Waals surface area (Å²) in [6.07, 6.45) is 3.33. The summed E-state index contributed by atoms with van der Waals surface area (Å²) >= 11 is 0. The average Bonchev–Trinajstić information content (AvgIpc) is 3.75. The molecule has 4 N–H and O–H groups in total. The number of rotatable bonds is 7. The van der Waals surface area contributed by atoms with Gasteiger partial charge in [-0.1, -0.05) is 42.5 Å². The first-order chi connectivity index (χ1) is 22.5. The largest absolute Gasteiger partial charge is 0.445 e. The molecule has 2 bridgehead atoms. The Balaban J connectivity index is 1.11. The van der Waals surface area contributed by atoms with Crippen LogP contribution in [0.2, 0.25) is 0 Å². The maximum absolute atomic E-state index is 13.1. The van der Waals surface area contributed by atoms with Gasteiger partial charge in [-0.3, -0.25) is 9.20 Å². The molecule has 0 atom stereocenters. The van der Waals surface area contributed by atoms with E-state index in [-0.39, 0.29) is 23.4 Å². The van der Waals surface area contributed by atoms with Gasteiger partial charge in [-0.15, -0.1) is 0 Å². The summed E-state index contributed by atoms with van der Waals surface area (Å²) in [5, 5.41) is 5.58. The second-order valence-corrected chi connectivity index (χ2v) is 12.2. The SMILES string of the molecule is Nc1nccn2c(C34CCC(NC(=O)OCc5ccccc5)(CC3)C4)nc(-c3ccc(C(=O)Nc4cc(C(F)(F)F)ccn4)cc3)c12. The Hall–Kier alpha value is -5.46. The number of pyridine rings is 1. The maximum Gasteiger partial charge on any atom is 0.416 e. The van der Waals surface area contributed by atoms with E-state index < -0.39 is 29.3 Å². The molecule has 2 aliphatic rings. The van der Waals surface area contributed by atoms with E-state index in [1.807, 2.05) is 40.9 Å². The van der Waals surface area contributed by atoms with Crippen molar-refractivity contribution >= 4 is 29.2 Å². The number of aromatic nitrogens is 4. The molecule has 2 aliphatic carbocycles. The predicted molar refractivity (Wildman–Crippen MR) is 167 cm³/mol. The van der Waals surface area contributed by atoms with Crippen LogP contribution in [0.5, 0.6) is 0 Å². The fourth-order valence-corrected chi connectivity index (χ4v) is 6.94. The van der Waals surface area contributed by atoms with Crippen LogP contribution >= 0.6 is 0 Å². The summed E-state index contributed by atoms with van der Waals surface area (Å²) < 4.78 is 46.8. The molecule has 0 saturated heterocycles. The highest BCUT2D eigenvalue weighted by Crippen LogP contribution is 2.57. The number of imidazole rings is 1. The molecule has 13 heteroatoms. The minimum atomic E-state index is -4.56. The van der Waals surface area contributed by atoms with Crippen molar-refractivity contribution in [2.75, 3.05) is 11.1 Å². The number of nitrogens with one attached hydrogen (secondary N) is 2. The van der Waals surface area contributed by atoms with E-state index in [0.717, 1.165) is 55.4 Å². The Bertz CT molecular complexity index is 1970. The number of nitrogen functional groups attached to an aromatic ring is 1. The average molecular weight is 642 g/mol. The van der Waals surface area contributed by atoms with Crippen LogP contribution < -0.4 is 16.4 Å². The molecule has 240 valence electrons. The van der Waals surface area contributed by atoms with E-state index >= 15 is 0 Å². The molecule has 10 nitrogen and oxygen atoms in total. The molecule has 0 spiro atoms. The molecule has 2 amide bonds. The van der Waals surface area contributed by atoms with Crippen LogP contribution in [-0.4, -0.2) is 36.9 Å². The molecule has 2 saturated carbocycles. The summed E-state index contributed by atoms with van der Waals surface area (Å²) in [6, 6.07) is 17.7. The predicted octanol–water partition coefficient (Wildman–Crippen LogP) is 6.53. The minimum absolute atomic E-state index is 0.191. The van der Waals surface area contributed by atoms with Crippen LogP contribution in [0.4, 0.5) is 29.6 Å². The van der Waals surface area contributed by atoms with Crippen LogP contribution in [0.1, 0.15) is 59.4 Å². The number of hydrogen-bond acceptors (Lipinski definition) is 7. The molecular formula is C34H30F3N7O3. The summed E-state index contributed by atoms with van der Waals surface area (Å²) in [5.74, 6) is 0.301. The molecular weight excluding hydrogens is 611 g/mol. The fourth-order valence-electron chi connectivity index (χ4n) is 6.94. The number of carbonyl (C=O) groups excluding carboxylic acids is 2. The van der Waals surface area contributed by atoms with Crippen LogP contribution in [0.25, 0.3) is 16.8 Å².